The summed E-state index contributed by atoms with van der Waals surface area (Å²) in [5.41, 5.74) is 4.08. The van der Waals surface area contributed by atoms with Crippen LogP contribution in [0.4, 0.5) is 10.2 Å². The second kappa shape index (κ2) is 11.0. The van der Waals surface area contributed by atoms with E-state index in [1.807, 2.05) is 32.1 Å². The summed E-state index contributed by atoms with van der Waals surface area (Å²) >= 11 is 0. The fourth-order valence-corrected chi connectivity index (χ4v) is 3.60. The first-order chi connectivity index (χ1) is 15.9. The molecule has 0 radical (unpaired) electrons. The van der Waals surface area contributed by atoms with E-state index in [1.165, 1.54) is 18.5 Å². The molecule has 0 spiro atoms. The third kappa shape index (κ3) is 5.54. The number of fused-ring (bicyclic) bond motifs is 1. The zero-order valence-electron chi connectivity index (χ0n) is 19.8. The summed E-state index contributed by atoms with van der Waals surface area (Å²) in [6, 6.07) is 9.68. The number of aromatic nitrogens is 2. The third-order valence-electron chi connectivity index (χ3n) is 5.79. The van der Waals surface area contributed by atoms with E-state index in [1.54, 1.807) is 19.2 Å². The SMILES string of the molecule is C/C=C(/C)N=C(C(C)CC)C(CO)Nc1ncnc2c(OC)cc(-c3ccc(F)cc3)cc12. The van der Waals surface area contributed by atoms with Gasteiger partial charge in [-0.3, -0.25) is 4.99 Å². The number of aliphatic imine (C=N–C) groups is 1. The Bertz CT molecular complexity index is 1160. The number of nitrogens with one attached hydrogen (secondary N) is 1. The minimum absolute atomic E-state index is 0.138. The Labute approximate surface area is 194 Å². The molecule has 2 unspecified atom stereocenters. The molecule has 7 heteroatoms. The van der Waals surface area contributed by atoms with Gasteiger partial charge in [0.25, 0.3) is 0 Å². The average molecular weight is 451 g/mol. The average Bonchev–Trinajstić information content (AvgIpc) is 2.85. The van der Waals surface area contributed by atoms with E-state index in [9.17, 15) is 9.50 Å². The normalized spacial score (nSPS) is 14.3. The van der Waals surface area contributed by atoms with Gasteiger partial charge in [0.15, 0.2) is 0 Å². The van der Waals surface area contributed by atoms with Crippen molar-refractivity contribution in [2.75, 3.05) is 19.0 Å². The number of hydrogen-bond acceptors (Lipinski definition) is 6. The molecule has 2 N–H and O–H groups in total. The third-order valence-corrected chi connectivity index (χ3v) is 5.79. The molecule has 3 aromatic rings. The molecule has 0 amide bonds. The van der Waals surface area contributed by atoms with E-state index >= 15 is 0 Å². The van der Waals surface area contributed by atoms with E-state index in [4.69, 9.17) is 9.73 Å². The summed E-state index contributed by atoms with van der Waals surface area (Å²) in [5, 5.41) is 14.4. The topological polar surface area (TPSA) is 79.6 Å². The van der Waals surface area contributed by atoms with Crippen LogP contribution >= 0.6 is 0 Å². The van der Waals surface area contributed by atoms with Crippen molar-refractivity contribution in [2.45, 2.75) is 40.2 Å². The Hall–Kier alpha value is -3.32. The monoisotopic (exact) mass is 450 g/mol. The largest absolute Gasteiger partial charge is 0.494 e. The molecule has 33 heavy (non-hydrogen) atoms. The predicted molar refractivity (Wildman–Crippen MR) is 132 cm³/mol. The van der Waals surface area contributed by atoms with Crippen molar-refractivity contribution in [1.29, 1.82) is 0 Å². The first-order valence-corrected chi connectivity index (χ1v) is 11.1. The van der Waals surface area contributed by atoms with E-state index in [0.717, 1.165) is 34.3 Å². The highest BCUT2D eigenvalue weighted by atomic mass is 19.1. The maximum atomic E-state index is 13.4. The van der Waals surface area contributed by atoms with Crippen LogP contribution in [0.15, 0.2) is 59.5 Å². The van der Waals surface area contributed by atoms with Crippen molar-refractivity contribution in [1.82, 2.24) is 9.97 Å². The smallest absolute Gasteiger partial charge is 0.145 e. The van der Waals surface area contributed by atoms with Gasteiger partial charge in [0.05, 0.1) is 19.8 Å². The second-order valence-corrected chi connectivity index (χ2v) is 7.96. The molecule has 0 aliphatic heterocycles. The van der Waals surface area contributed by atoms with Crippen LogP contribution in [0, 0.1) is 11.7 Å². The number of ether oxygens (including phenoxy) is 1. The summed E-state index contributed by atoms with van der Waals surface area (Å²) in [6.45, 7) is 7.94. The highest BCUT2D eigenvalue weighted by molar-refractivity contribution is 5.99. The minimum atomic E-state index is -0.423. The quantitative estimate of drug-likeness (QED) is 0.413. The van der Waals surface area contributed by atoms with Gasteiger partial charge in [0, 0.05) is 16.8 Å². The number of benzene rings is 2. The van der Waals surface area contributed by atoms with Gasteiger partial charge in [-0.2, -0.15) is 0 Å². The van der Waals surface area contributed by atoms with E-state index in [0.29, 0.717) is 17.1 Å². The fraction of sp³-hybridized carbons (Fsp3) is 0.346. The van der Waals surface area contributed by atoms with Crippen LogP contribution < -0.4 is 10.1 Å². The zero-order chi connectivity index (χ0) is 24.0. The summed E-state index contributed by atoms with van der Waals surface area (Å²) < 4.78 is 19.0. The molecule has 6 nitrogen and oxygen atoms in total. The highest BCUT2D eigenvalue weighted by Crippen LogP contribution is 2.34. The molecular weight excluding hydrogens is 419 g/mol. The molecule has 1 aromatic heterocycles. The lowest BCUT2D eigenvalue weighted by Crippen LogP contribution is -2.37. The molecule has 1 heterocycles. The van der Waals surface area contributed by atoms with Gasteiger partial charge in [0.2, 0.25) is 0 Å². The maximum absolute atomic E-state index is 13.4. The number of allylic oxidation sites excluding steroid dienone is 2. The molecule has 2 atom stereocenters. The van der Waals surface area contributed by atoms with E-state index < -0.39 is 6.04 Å². The van der Waals surface area contributed by atoms with Gasteiger partial charge in [0.1, 0.15) is 29.2 Å². The van der Waals surface area contributed by atoms with Crippen LogP contribution in [0.3, 0.4) is 0 Å². The number of nitrogens with zero attached hydrogens (tertiary/aromatic N) is 3. The summed E-state index contributed by atoms with van der Waals surface area (Å²) in [7, 11) is 1.59. The lowest BCUT2D eigenvalue weighted by Gasteiger charge is -2.24. The molecule has 2 aromatic carbocycles. The summed E-state index contributed by atoms with van der Waals surface area (Å²) in [5.74, 6) is 1.02. The number of hydrogen-bond donors (Lipinski definition) is 2. The molecule has 3 rings (SSSR count). The fourth-order valence-electron chi connectivity index (χ4n) is 3.60. The number of aliphatic hydroxyl groups is 1. The first kappa shape index (κ1) is 24.3. The van der Waals surface area contributed by atoms with Crippen molar-refractivity contribution in [3.05, 3.63) is 60.3 Å². The molecule has 0 saturated heterocycles. The Kier molecular flexibility index (Phi) is 8.11. The van der Waals surface area contributed by atoms with Crippen molar-refractivity contribution < 1.29 is 14.2 Å². The predicted octanol–water partition coefficient (Wildman–Crippen LogP) is 5.63. The number of halogens is 1. The van der Waals surface area contributed by atoms with Crippen molar-refractivity contribution >= 4 is 22.4 Å². The van der Waals surface area contributed by atoms with Crippen LogP contribution in [0.5, 0.6) is 5.75 Å². The van der Waals surface area contributed by atoms with Gasteiger partial charge in [-0.15, -0.1) is 0 Å². The Morgan fingerprint density at radius 3 is 2.55 bits per heavy atom. The molecule has 0 saturated carbocycles. The minimum Gasteiger partial charge on any atom is -0.494 e. The number of rotatable bonds is 9. The Morgan fingerprint density at radius 2 is 1.94 bits per heavy atom. The van der Waals surface area contributed by atoms with Crippen LogP contribution in [-0.2, 0) is 0 Å². The molecule has 0 bridgehead atoms. The Balaban J connectivity index is 2.12. The van der Waals surface area contributed by atoms with Crippen LogP contribution in [-0.4, -0.2) is 40.5 Å². The molecular formula is C26H31FN4O2. The van der Waals surface area contributed by atoms with Crippen molar-refractivity contribution in [3.63, 3.8) is 0 Å². The lowest BCUT2D eigenvalue weighted by molar-refractivity contribution is 0.293. The van der Waals surface area contributed by atoms with Crippen LogP contribution in [0.25, 0.3) is 22.0 Å². The standard InChI is InChI=1S/C26H31FN4O2/c1-6-16(3)24(30-17(4)7-2)22(14-32)31-26-21-12-19(18-8-10-20(27)11-9-18)13-23(33-5)25(21)28-15-29-26/h7-13,15-16,22,32H,6,14H2,1-5H3,(H,28,29,31)/b17-7-,30-24?. The number of aliphatic hydroxyl groups excluding tert-OH is 1. The number of methoxy groups -OCH3 is 1. The first-order valence-electron chi connectivity index (χ1n) is 11.1. The van der Waals surface area contributed by atoms with Gasteiger partial charge in [-0.1, -0.05) is 32.1 Å². The van der Waals surface area contributed by atoms with Crippen molar-refractivity contribution in [3.8, 4) is 16.9 Å². The second-order valence-electron chi connectivity index (χ2n) is 7.96. The van der Waals surface area contributed by atoms with E-state index in [2.05, 4.69) is 29.1 Å². The van der Waals surface area contributed by atoms with Gasteiger partial charge in [-0.05, 0) is 61.6 Å². The highest BCUT2D eigenvalue weighted by Gasteiger charge is 2.22. The molecule has 0 aliphatic carbocycles. The van der Waals surface area contributed by atoms with Gasteiger partial charge in [-0.25, -0.2) is 14.4 Å². The van der Waals surface area contributed by atoms with Gasteiger partial charge >= 0.3 is 0 Å². The molecule has 0 aliphatic rings. The molecule has 174 valence electrons. The number of anilines is 1. The van der Waals surface area contributed by atoms with Crippen LogP contribution in [0.1, 0.15) is 34.1 Å². The molecule has 0 fully saturated rings. The Morgan fingerprint density at radius 1 is 1.21 bits per heavy atom. The van der Waals surface area contributed by atoms with Gasteiger partial charge < -0.3 is 15.2 Å². The maximum Gasteiger partial charge on any atom is 0.145 e. The van der Waals surface area contributed by atoms with Crippen LogP contribution in [0.2, 0.25) is 0 Å². The van der Waals surface area contributed by atoms with E-state index in [-0.39, 0.29) is 18.3 Å². The summed E-state index contributed by atoms with van der Waals surface area (Å²) in [6.07, 6.45) is 4.30. The summed E-state index contributed by atoms with van der Waals surface area (Å²) in [4.78, 5) is 13.7. The zero-order valence-corrected chi connectivity index (χ0v) is 19.8. The van der Waals surface area contributed by atoms with Crippen molar-refractivity contribution in [2.24, 2.45) is 10.9 Å². The lowest BCUT2D eigenvalue weighted by atomic mass is 9.96.